The Morgan fingerprint density at radius 2 is 2.17 bits per heavy atom. The van der Waals surface area contributed by atoms with Crippen LogP contribution in [0.4, 0.5) is 0 Å². The van der Waals surface area contributed by atoms with Gasteiger partial charge in [0.2, 0.25) is 5.91 Å². The number of hydrogen-bond donors (Lipinski definition) is 3. The van der Waals surface area contributed by atoms with Gasteiger partial charge < -0.3 is 15.7 Å². The van der Waals surface area contributed by atoms with E-state index in [2.05, 4.69) is 10.6 Å². The second kappa shape index (κ2) is 6.52. The van der Waals surface area contributed by atoms with E-state index < -0.39 is 0 Å². The highest BCUT2D eigenvalue weighted by Gasteiger charge is 2.23. The molecule has 1 aromatic rings. The van der Waals surface area contributed by atoms with Crippen LogP contribution in [0.5, 0.6) is 0 Å². The summed E-state index contributed by atoms with van der Waals surface area (Å²) in [6.07, 6.45) is 3.09. The van der Waals surface area contributed by atoms with Crippen molar-refractivity contribution in [2.75, 3.05) is 13.2 Å². The molecule has 1 heterocycles. The smallest absolute Gasteiger partial charge is 0.237 e. The minimum Gasteiger partial charge on any atom is -0.394 e. The molecular weight excluding hydrogens is 228 g/mol. The Labute approximate surface area is 107 Å². The molecule has 1 unspecified atom stereocenters. The van der Waals surface area contributed by atoms with Crippen molar-refractivity contribution in [1.82, 2.24) is 10.6 Å². The van der Waals surface area contributed by atoms with E-state index in [1.165, 1.54) is 0 Å². The maximum atomic E-state index is 12.1. The molecule has 98 valence electrons. The third-order valence-corrected chi connectivity index (χ3v) is 3.33. The quantitative estimate of drug-likeness (QED) is 0.744. The number of hydrogen-bond acceptors (Lipinski definition) is 3. The van der Waals surface area contributed by atoms with E-state index in [0.29, 0.717) is 0 Å². The molecular formula is C14H20N2O2. The fourth-order valence-electron chi connectivity index (χ4n) is 2.27. The predicted octanol–water partition coefficient (Wildman–Crippen LogP) is 0.978. The van der Waals surface area contributed by atoms with Crippen LogP contribution in [0.3, 0.4) is 0 Å². The van der Waals surface area contributed by atoms with Crippen molar-refractivity contribution in [2.45, 2.75) is 31.3 Å². The first-order valence-electron chi connectivity index (χ1n) is 6.51. The van der Waals surface area contributed by atoms with Gasteiger partial charge in [0, 0.05) is 0 Å². The summed E-state index contributed by atoms with van der Waals surface area (Å²) >= 11 is 0. The SMILES string of the molecule is O=C(N[C@H](CO)c1ccccc1)C1CCCCN1. The molecule has 1 saturated heterocycles. The van der Waals surface area contributed by atoms with Crippen LogP contribution in [0.2, 0.25) is 0 Å². The average Bonchev–Trinajstić information content (AvgIpc) is 2.46. The Balaban J connectivity index is 1.95. The van der Waals surface area contributed by atoms with Crippen molar-refractivity contribution < 1.29 is 9.90 Å². The maximum Gasteiger partial charge on any atom is 0.237 e. The summed E-state index contributed by atoms with van der Waals surface area (Å²) < 4.78 is 0. The summed E-state index contributed by atoms with van der Waals surface area (Å²) in [7, 11) is 0. The van der Waals surface area contributed by atoms with Crippen LogP contribution in [0.25, 0.3) is 0 Å². The molecule has 1 aliphatic heterocycles. The van der Waals surface area contributed by atoms with E-state index in [-0.39, 0.29) is 24.6 Å². The lowest BCUT2D eigenvalue weighted by molar-refractivity contribution is -0.124. The summed E-state index contributed by atoms with van der Waals surface area (Å²) in [6.45, 7) is 0.815. The van der Waals surface area contributed by atoms with E-state index in [4.69, 9.17) is 0 Å². The largest absolute Gasteiger partial charge is 0.394 e. The molecule has 2 atom stereocenters. The van der Waals surface area contributed by atoms with Crippen LogP contribution in [0.15, 0.2) is 30.3 Å². The first kappa shape index (κ1) is 13.1. The van der Waals surface area contributed by atoms with Crippen molar-refractivity contribution in [3.8, 4) is 0 Å². The standard InChI is InChI=1S/C14H20N2O2/c17-10-13(11-6-2-1-3-7-11)16-14(18)12-8-4-5-9-15-12/h1-3,6-7,12-13,15,17H,4-5,8-10H2,(H,16,18)/t12?,13-/m1/s1. The molecule has 2 rings (SSSR count). The van der Waals surface area contributed by atoms with Crippen molar-refractivity contribution in [3.63, 3.8) is 0 Å². The summed E-state index contributed by atoms with van der Waals surface area (Å²) in [5.41, 5.74) is 0.934. The lowest BCUT2D eigenvalue weighted by atomic mass is 10.0. The molecule has 4 heteroatoms. The van der Waals surface area contributed by atoms with Gasteiger partial charge in [-0.05, 0) is 24.9 Å². The maximum absolute atomic E-state index is 12.1. The van der Waals surface area contributed by atoms with Crippen molar-refractivity contribution in [2.24, 2.45) is 0 Å². The highest BCUT2D eigenvalue weighted by molar-refractivity contribution is 5.82. The van der Waals surface area contributed by atoms with Gasteiger partial charge in [0.15, 0.2) is 0 Å². The Bertz CT molecular complexity index is 375. The summed E-state index contributed by atoms with van der Waals surface area (Å²) in [5, 5.41) is 15.5. The summed E-state index contributed by atoms with van der Waals surface area (Å²) in [4.78, 5) is 12.1. The van der Waals surface area contributed by atoms with E-state index in [1.807, 2.05) is 30.3 Å². The zero-order valence-corrected chi connectivity index (χ0v) is 10.4. The number of carbonyl (C=O) groups excluding carboxylic acids is 1. The molecule has 1 aromatic carbocycles. The minimum absolute atomic E-state index is 0.0161. The van der Waals surface area contributed by atoms with Gasteiger partial charge in [0.05, 0.1) is 18.7 Å². The van der Waals surface area contributed by atoms with Gasteiger partial charge in [-0.3, -0.25) is 4.79 Å². The lowest BCUT2D eigenvalue weighted by Crippen LogP contribution is -2.48. The molecule has 3 N–H and O–H groups in total. The zero-order valence-electron chi connectivity index (χ0n) is 10.4. The number of aliphatic hydroxyl groups excluding tert-OH is 1. The summed E-state index contributed by atoms with van der Waals surface area (Å²) in [6, 6.07) is 9.12. The average molecular weight is 248 g/mol. The molecule has 4 nitrogen and oxygen atoms in total. The predicted molar refractivity (Wildman–Crippen MR) is 70.1 cm³/mol. The van der Waals surface area contributed by atoms with Crippen molar-refractivity contribution >= 4 is 5.91 Å². The van der Waals surface area contributed by atoms with Crippen LogP contribution in [0.1, 0.15) is 30.9 Å². The fourth-order valence-corrected chi connectivity index (χ4v) is 2.27. The third-order valence-electron chi connectivity index (χ3n) is 3.33. The van der Waals surface area contributed by atoms with Crippen LogP contribution in [0, 0.1) is 0 Å². The van der Waals surface area contributed by atoms with Gasteiger partial charge in [-0.15, -0.1) is 0 Å². The lowest BCUT2D eigenvalue weighted by Gasteiger charge is -2.25. The number of carbonyl (C=O) groups is 1. The molecule has 0 radical (unpaired) electrons. The number of rotatable bonds is 4. The second-order valence-electron chi connectivity index (χ2n) is 4.66. The van der Waals surface area contributed by atoms with E-state index in [1.54, 1.807) is 0 Å². The zero-order chi connectivity index (χ0) is 12.8. The van der Waals surface area contributed by atoms with Crippen molar-refractivity contribution in [1.29, 1.82) is 0 Å². The molecule has 0 bridgehead atoms. The Morgan fingerprint density at radius 3 is 2.78 bits per heavy atom. The number of nitrogens with one attached hydrogen (secondary N) is 2. The van der Waals surface area contributed by atoms with Crippen LogP contribution in [-0.2, 0) is 4.79 Å². The molecule has 0 aromatic heterocycles. The molecule has 0 saturated carbocycles. The van der Waals surface area contributed by atoms with Crippen LogP contribution >= 0.6 is 0 Å². The van der Waals surface area contributed by atoms with Gasteiger partial charge in [-0.1, -0.05) is 36.8 Å². The van der Waals surface area contributed by atoms with Gasteiger partial charge in [-0.2, -0.15) is 0 Å². The number of benzene rings is 1. The topological polar surface area (TPSA) is 61.4 Å². The second-order valence-corrected chi connectivity index (χ2v) is 4.66. The molecule has 18 heavy (non-hydrogen) atoms. The first-order valence-corrected chi connectivity index (χ1v) is 6.51. The van der Waals surface area contributed by atoms with Gasteiger partial charge in [0.1, 0.15) is 0 Å². The fraction of sp³-hybridized carbons (Fsp3) is 0.500. The normalized spacial score (nSPS) is 21.3. The third kappa shape index (κ3) is 3.31. The van der Waals surface area contributed by atoms with Gasteiger partial charge in [-0.25, -0.2) is 0 Å². The molecule has 0 spiro atoms. The van der Waals surface area contributed by atoms with E-state index >= 15 is 0 Å². The van der Waals surface area contributed by atoms with E-state index in [9.17, 15) is 9.90 Å². The number of amides is 1. The summed E-state index contributed by atoms with van der Waals surface area (Å²) in [5.74, 6) is -0.0161. The Morgan fingerprint density at radius 1 is 1.39 bits per heavy atom. The van der Waals surface area contributed by atoms with Crippen molar-refractivity contribution in [3.05, 3.63) is 35.9 Å². The highest BCUT2D eigenvalue weighted by atomic mass is 16.3. The molecule has 1 amide bonds. The van der Waals surface area contributed by atoms with Crippen LogP contribution in [-0.4, -0.2) is 30.2 Å². The van der Waals surface area contributed by atoms with Gasteiger partial charge in [0.25, 0.3) is 0 Å². The molecule has 1 fully saturated rings. The van der Waals surface area contributed by atoms with Gasteiger partial charge >= 0.3 is 0 Å². The van der Waals surface area contributed by atoms with E-state index in [0.717, 1.165) is 31.4 Å². The number of aliphatic hydroxyl groups is 1. The molecule has 0 aliphatic carbocycles. The Kier molecular flexibility index (Phi) is 4.73. The first-order chi connectivity index (χ1) is 8.81. The number of piperidine rings is 1. The minimum atomic E-state index is -0.317. The highest BCUT2D eigenvalue weighted by Crippen LogP contribution is 2.13. The Hall–Kier alpha value is -1.39. The molecule has 1 aliphatic rings. The van der Waals surface area contributed by atoms with Crippen LogP contribution < -0.4 is 10.6 Å². The monoisotopic (exact) mass is 248 g/mol.